The number of esters is 1. The van der Waals surface area contributed by atoms with E-state index in [4.69, 9.17) is 4.74 Å². The van der Waals surface area contributed by atoms with Crippen LogP contribution in [0.3, 0.4) is 0 Å². The number of nitrogens with zero attached hydrogens (tertiary/aromatic N) is 1. The molecule has 0 atom stereocenters. The highest BCUT2D eigenvalue weighted by Crippen LogP contribution is 2.09. The molecule has 0 saturated carbocycles. The van der Waals surface area contributed by atoms with Gasteiger partial charge >= 0.3 is 5.97 Å². The Morgan fingerprint density at radius 1 is 1.39 bits per heavy atom. The molecule has 6 heteroatoms. The van der Waals surface area contributed by atoms with Gasteiger partial charge < -0.3 is 14.6 Å². The Morgan fingerprint density at radius 2 is 2.11 bits per heavy atom. The Bertz CT molecular complexity index is 393. The van der Waals surface area contributed by atoms with Crippen molar-refractivity contribution in [2.24, 2.45) is 0 Å². The van der Waals surface area contributed by atoms with Crippen LogP contribution in [0.15, 0.2) is 16.9 Å². The Kier molecular flexibility index (Phi) is 4.88. The third kappa shape index (κ3) is 6.03. The number of carbonyl (C=O) groups is 2. The Hall–Kier alpha value is -1.85. The van der Waals surface area contributed by atoms with Crippen molar-refractivity contribution in [3.63, 3.8) is 0 Å². The molecule has 0 bridgehead atoms. The lowest BCUT2D eigenvalue weighted by Crippen LogP contribution is -2.27. The summed E-state index contributed by atoms with van der Waals surface area (Å²) in [5.74, 6) is -0.594. The molecule has 0 aliphatic carbocycles. The van der Waals surface area contributed by atoms with Crippen molar-refractivity contribution in [2.75, 3.05) is 0 Å². The van der Waals surface area contributed by atoms with E-state index < -0.39 is 5.60 Å². The number of carbonyl (C=O) groups excluding carboxylic acids is 2. The zero-order chi connectivity index (χ0) is 13.6. The van der Waals surface area contributed by atoms with Gasteiger partial charge in [0.05, 0.1) is 13.0 Å². The lowest BCUT2D eigenvalue weighted by molar-refractivity contribution is -0.155. The van der Waals surface area contributed by atoms with Crippen molar-refractivity contribution in [3.8, 4) is 0 Å². The number of hydrogen-bond donors (Lipinski definition) is 1. The van der Waals surface area contributed by atoms with Crippen molar-refractivity contribution >= 4 is 11.9 Å². The van der Waals surface area contributed by atoms with Crippen molar-refractivity contribution in [1.29, 1.82) is 0 Å². The topological polar surface area (TPSA) is 81.4 Å². The van der Waals surface area contributed by atoms with E-state index in [-0.39, 0.29) is 24.7 Å². The van der Waals surface area contributed by atoms with E-state index in [2.05, 4.69) is 15.0 Å². The first-order chi connectivity index (χ1) is 8.37. The van der Waals surface area contributed by atoms with Gasteiger partial charge in [-0.3, -0.25) is 9.59 Å². The molecular formula is C12H18N2O4. The third-order valence-corrected chi connectivity index (χ3v) is 1.93. The maximum absolute atomic E-state index is 11.4. The summed E-state index contributed by atoms with van der Waals surface area (Å²) < 4.78 is 9.72. The van der Waals surface area contributed by atoms with E-state index in [0.717, 1.165) is 0 Å². The summed E-state index contributed by atoms with van der Waals surface area (Å²) in [7, 11) is 0. The monoisotopic (exact) mass is 254 g/mol. The fourth-order valence-electron chi connectivity index (χ4n) is 1.21. The van der Waals surface area contributed by atoms with Crippen LogP contribution in [0, 0.1) is 0 Å². The molecule has 0 aliphatic heterocycles. The van der Waals surface area contributed by atoms with Gasteiger partial charge in [0.25, 0.3) is 0 Å². The quantitative estimate of drug-likeness (QED) is 0.803. The highest BCUT2D eigenvalue weighted by molar-refractivity contribution is 5.81. The van der Waals surface area contributed by atoms with E-state index in [1.54, 1.807) is 26.8 Å². The second-order valence-corrected chi connectivity index (χ2v) is 4.85. The number of ether oxygens (including phenoxy) is 1. The highest BCUT2D eigenvalue weighted by atomic mass is 16.6. The molecular weight excluding hydrogens is 236 g/mol. The predicted molar refractivity (Wildman–Crippen MR) is 63.4 cm³/mol. The molecule has 0 aliphatic rings. The van der Waals surface area contributed by atoms with Crippen LogP contribution in [0.25, 0.3) is 0 Å². The summed E-state index contributed by atoms with van der Waals surface area (Å²) in [6.07, 6.45) is 1.61. The number of nitrogens with one attached hydrogen (secondary N) is 1. The van der Waals surface area contributed by atoms with Crippen LogP contribution in [0.5, 0.6) is 0 Å². The van der Waals surface area contributed by atoms with Crippen LogP contribution >= 0.6 is 0 Å². The number of hydrogen-bond acceptors (Lipinski definition) is 5. The van der Waals surface area contributed by atoms with Crippen molar-refractivity contribution in [1.82, 2.24) is 10.5 Å². The average molecular weight is 254 g/mol. The van der Waals surface area contributed by atoms with E-state index >= 15 is 0 Å². The van der Waals surface area contributed by atoms with E-state index in [9.17, 15) is 9.59 Å². The molecule has 0 aromatic carbocycles. The summed E-state index contributed by atoms with van der Waals surface area (Å²) >= 11 is 0. The van der Waals surface area contributed by atoms with Gasteiger partial charge in [-0.1, -0.05) is 5.16 Å². The molecule has 0 fully saturated rings. The fraction of sp³-hybridized carbons (Fsp3) is 0.583. The summed E-state index contributed by atoms with van der Waals surface area (Å²) in [4.78, 5) is 22.8. The van der Waals surface area contributed by atoms with Crippen LogP contribution in [0.1, 0.15) is 39.3 Å². The molecule has 0 saturated heterocycles. The predicted octanol–water partition coefficient (Wildman–Crippen LogP) is 1.41. The van der Waals surface area contributed by atoms with Gasteiger partial charge in [-0.05, 0) is 20.8 Å². The van der Waals surface area contributed by atoms with Crippen molar-refractivity contribution in [3.05, 3.63) is 18.0 Å². The standard InChI is InChI=1S/C12H18N2O4/c1-12(2,3)18-11(16)5-4-10(15)13-8-9-6-7-17-14-9/h6-7H,4-5,8H2,1-3H3,(H,13,15). The minimum atomic E-state index is -0.520. The Labute approximate surface area is 106 Å². The lowest BCUT2D eigenvalue weighted by Gasteiger charge is -2.19. The van der Waals surface area contributed by atoms with Crippen LogP contribution < -0.4 is 5.32 Å². The molecule has 0 unspecified atom stereocenters. The molecule has 1 aromatic heterocycles. The van der Waals surface area contributed by atoms with Crippen LogP contribution in [-0.2, 0) is 20.9 Å². The smallest absolute Gasteiger partial charge is 0.306 e. The second-order valence-electron chi connectivity index (χ2n) is 4.85. The fourth-order valence-corrected chi connectivity index (χ4v) is 1.21. The molecule has 0 radical (unpaired) electrons. The molecule has 1 amide bonds. The molecule has 1 rings (SSSR count). The van der Waals surface area contributed by atoms with Crippen LogP contribution in [-0.4, -0.2) is 22.6 Å². The summed E-state index contributed by atoms with van der Waals surface area (Å²) in [5, 5.41) is 6.28. The highest BCUT2D eigenvalue weighted by Gasteiger charge is 2.16. The molecule has 18 heavy (non-hydrogen) atoms. The van der Waals surface area contributed by atoms with Crippen LogP contribution in [0.4, 0.5) is 0 Å². The van der Waals surface area contributed by atoms with Gasteiger partial charge in [-0.15, -0.1) is 0 Å². The second kappa shape index (κ2) is 6.18. The number of amides is 1. The van der Waals surface area contributed by atoms with E-state index in [1.165, 1.54) is 6.26 Å². The zero-order valence-electron chi connectivity index (χ0n) is 10.9. The largest absolute Gasteiger partial charge is 0.460 e. The van der Waals surface area contributed by atoms with E-state index in [0.29, 0.717) is 12.2 Å². The van der Waals surface area contributed by atoms with Gasteiger partial charge in [0.1, 0.15) is 17.6 Å². The van der Waals surface area contributed by atoms with Gasteiger partial charge in [0.2, 0.25) is 5.91 Å². The maximum atomic E-state index is 11.4. The third-order valence-electron chi connectivity index (χ3n) is 1.93. The van der Waals surface area contributed by atoms with Gasteiger partial charge in [-0.2, -0.15) is 0 Å². The normalized spacial score (nSPS) is 11.1. The van der Waals surface area contributed by atoms with Gasteiger partial charge in [-0.25, -0.2) is 0 Å². The lowest BCUT2D eigenvalue weighted by atomic mass is 10.2. The first-order valence-corrected chi connectivity index (χ1v) is 5.74. The van der Waals surface area contributed by atoms with E-state index in [1.807, 2.05) is 0 Å². The molecule has 1 N–H and O–H groups in total. The Balaban J connectivity index is 2.19. The summed E-state index contributed by atoms with van der Waals surface area (Å²) in [6, 6.07) is 1.66. The molecule has 6 nitrogen and oxygen atoms in total. The zero-order valence-corrected chi connectivity index (χ0v) is 10.9. The minimum Gasteiger partial charge on any atom is -0.460 e. The SMILES string of the molecule is CC(C)(C)OC(=O)CCC(=O)NCc1ccon1. The first-order valence-electron chi connectivity index (χ1n) is 5.74. The van der Waals surface area contributed by atoms with Crippen molar-refractivity contribution < 1.29 is 18.8 Å². The van der Waals surface area contributed by atoms with Crippen molar-refractivity contribution in [2.45, 2.75) is 45.8 Å². The van der Waals surface area contributed by atoms with Gasteiger partial charge in [0.15, 0.2) is 0 Å². The molecule has 1 aromatic rings. The minimum absolute atomic E-state index is 0.0713. The van der Waals surface area contributed by atoms with Crippen LogP contribution in [0.2, 0.25) is 0 Å². The molecule has 100 valence electrons. The molecule has 1 heterocycles. The number of aromatic nitrogens is 1. The van der Waals surface area contributed by atoms with Gasteiger partial charge in [0, 0.05) is 12.5 Å². The summed E-state index contributed by atoms with van der Waals surface area (Å²) in [5.41, 5.74) is 0.120. The summed E-state index contributed by atoms with van der Waals surface area (Å²) in [6.45, 7) is 5.66. The number of rotatable bonds is 5. The maximum Gasteiger partial charge on any atom is 0.306 e. The first kappa shape index (κ1) is 14.2. The molecule has 0 spiro atoms. The average Bonchev–Trinajstić information content (AvgIpc) is 2.74. The Morgan fingerprint density at radius 3 is 2.67 bits per heavy atom.